The molecule has 120 valence electrons. The monoisotopic (exact) mass is 310 g/mol. The van der Waals surface area contributed by atoms with Gasteiger partial charge in [0.05, 0.1) is 0 Å². The van der Waals surface area contributed by atoms with Gasteiger partial charge >= 0.3 is 0 Å². The van der Waals surface area contributed by atoms with Crippen molar-refractivity contribution in [2.24, 2.45) is 5.73 Å². The fourth-order valence-corrected chi connectivity index (χ4v) is 2.75. The topological polar surface area (TPSA) is 55.6 Å². The van der Waals surface area contributed by atoms with Crippen LogP contribution in [-0.4, -0.2) is 29.9 Å². The zero-order valence-electron chi connectivity index (χ0n) is 13.4. The fraction of sp³-hybridized carbons (Fsp3) is 0.316. The van der Waals surface area contributed by atoms with Gasteiger partial charge < -0.3 is 15.4 Å². The first kappa shape index (κ1) is 15.6. The molecule has 1 fully saturated rings. The maximum Gasteiger partial charge on any atom is 0.253 e. The van der Waals surface area contributed by atoms with E-state index < -0.39 is 0 Å². The molecule has 0 bridgehead atoms. The summed E-state index contributed by atoms with van der Waals surface area (Å²) in [5, 5.41) is 0. The molecular formula is C19H22N2O2. The summed E-state index contributed by atoms with van der Waals surface area (Å²) < 4.78 is 5.86. The van der Waals surface area contributed by atoms with Crippen LogP contribution in [0, 0.1) is 6.92 Å². The van der Waals surface area contributed by atoms with Crippen LogP contribution in [0.2, 0.25) is 0 Å². The first-order chi connectivity index (χ1) is 11.1. The van der Waals surface area contributed by atoms with E-state index in [-0.39, 0.29) is 11.9 Å². The maximum atomic E-state index is 12.5. The summed E-state index contributed by atoms with van der Waals surface area (Å²) in [6.45, 7) is 3.48. The SMILES string of the molecule is Cc1ccccc1Oc1ccc(C(=O)N2CCC(N)CC2)cc1. The van der Waals surface area contributed by atoms with Crippen molar-refractivity contribution in [1.82, 2.24) is 4.90 Å². The van der Waals surface area contributed by atoms with Gasteiger partial charge in [-0.3, -0.25) is 4.79 Å². The van der Waals surface area contributed by atoms with E-state index in [0.29, 0.717) is 5.56 Å². The van der Waals surface area contributed by atoms with Crippen molar-refractivity contribution in [3.05, 3.63) is 59.7 Å². The van der Waals surface area contributed by atoms with Gasteiger partial charge in [0, 0.05) is 24.7 Å². The fourth-order valence-electron chi connectivity index (χ4n) is 2.75. The number of benzene rings is 2. The maximum absolute atomic E-state index is 12.5. The zero-order chi connectivity index (χ0) is 16.2. The normalized spacial score (nSPS) is 15.5. The van der Waals surface area contributed by atoms with Crippen LogP contribution in [0.4, 0.5) is 0 Å². The van der Waals surface area contributed by atoms with E-state index in [1.807, 2.05) is 60.4 Å². The highest BCUT2D eigenvalue weighted by Gasteiger charge is 2.21. The van der Waals surface area contributed by atoms with E-state index in [0.717, 1.165) is 43.0 Å². The van der Waals surface area contributed by atoms with Crippen molar-refractivity contribution < 1.29 is 9.53 Å². The van der Waals surface area contributed by atoms with Crippen molar-refractivity contribution in [1.29, 1.82) is 0 Å². The molecule has 0 spiro atoms. The van der Waals surface area contributed by atoms with Crippen molar-refractivity contribution in [2.45, 2.75) is 25.8 Å². The van der Waals surface area contributed by atoms with E-state index in [1.165, 1.54) is 0 Å². The number of amides is 1. The van der Waals surface area contributed by atoms with Gasteiger partial charge in [0.25, 0.3) is 5.91 Å². The second-order valence-electron chi connectivity index (χ2n) is 6.02. The lowest BCUT2D eigenvalue weighted by atomic mass is 10.0. The number of carbonyl (C=O) groups excluding carboxylic acids is 1. The number of para-hydroxylation sites is 1. The third-order valence-electron chi connectivity index (χ3n) is 4.25. The highest BCUT2D eigenvalue weighted by atomic mass is 16.5. The van der Waals surface area contributed by atoms with Crippen LogP contribution in [-0.2, 0) is 0 Å². The average molecular weight is 310 g/mol. The average Bonchev–Trinajstić information content (AvgIpc) is 2.58. The van der Waals surface area contributed by atoms with Crippen molar-refractivity contribution in [3.63, 3.8) is 0 Å². The molecular weight excluding hydrogens is 288 g/mol. The van der Waals surface area contributed by atoms with Crippen LogP contribution >= 0.6 is 0 Å². The Kier molecular flexibility index (Phi) is 4.63. The number of hydrogen-bond acceptors (Lipinski definition) is 3. The van der Waals surface area contributed by atoms with E-state index in [1.54, 1.807) is 0 Å². The molecule has 0 saturated carbocycles. The summed E-state index contributed by atoms with van der Waals surface area (Å²) in [5.41, 5.74) is 7.66. The van der Waals surface area contributed by atoms with Gasteiger partial charge in [-0.15, -0.1) is 0 Å². The number of ether oxygens (including phenoxy) is 1. The summed E-state index contributed by atoms with van der Waals surface area (Å²) in [6, 6.07) is 15.4. The predicted molar refractivity (Wildman–Crippen MR) is 90.8 cm³/mol. The number of aryl methyl sites for hydroxylation is 1. The summed E-state index contributed by atoms with van der Waals surface area (Å²) in [5.74, 6) is 1.63. The Bertz CT molecular complexity index is 674. The Morgan fingerprint density at radius 1 is 1.09 bits per heavy atom. The van der Waals surface area contributed by atoms with E-state index in [9.17, 15) is 4.79 Å². The van der Waals surface area contributed by atoms with Crippen LogP contribution in [0.25, 0.3) is 0 Å². The number of piperidine rings is 1. The molecule has 1 amide bonds. The molecule has 2 aromatic rings. The van der Waals surface area contributed by atoms with Crippen molar-refractivity contribution in [3.8, 4) is 11.5 Å². The number of rotatable bonds is 3. The second kappa shape index (κ2) is 6.84. The molecule has 1 heterocycles. The minimum absolute atomic E-state index is 0.0688. The standard InChI is InChI=1S/C19H22N2O2/c1-14-4-2-3-5-18(14)23-17-8-6-15(7-9-17)19(22)21-12-10-16(20)11-13-21/h2-9,16H,10-13,20H2,1H3. The summed E-state index contributed by atoms with van der Waals surface area (Å²) in [4.78, 5) is 14.3. The molecule has 0 radical (unpaired) electrons. The lowest BCUT2D eigenvalue weighted by Crippen LogP contribution is -2.42. The number of hydrogen-bond donors (Lipinski definition) is 1. The molecule has 1 aliphatic rings. The Balaban J connectivity index is 1.67. The molecule has 0 unspecified atom stereocenters. The van der Waals surface area contributed by atoms with Crippen LogP contribution in [0.5, 0.6) is 11.5 Å². The Hall–Kier alpha value is -2.33. The van der Waals surface area contributed by atoms with Gasteiger partial charge in [-0.1, -0.05) is 18.2 Å². The molecule has 0 aliphatic carbocycles. The lowest BCUT2D eigenvalue weighted by Gasteiger charge is -2.30. The molecule has 2 aromatic carbocycles. The molecule has 4 heteroatoms. The van der Waals surface area contributed by atoms with Crippen LogP contribution < -0.4 is 10.5 Å². The van der Waals surface area contributed by atoms with Gasteiger partial charge in [0.15, 0.2) is 0 Å². The minimum Gasteiger partial charge on any atom is -0.457 e. The highest BCUT2D eigenvalue weighted by molar-refractivity contribution is 5.94. The van der Waals surface area contributed by atoms with E-state index in [4.69, 9.17) is 10.5 Å². The van der Waals surface area contributed by atoms with Gasteiger partial charge in [0.1, 0.15) is 11.5 Å². The molecule has 23 heavy (non-hydrogen) atoms. The Morgan fingerprint density at radius 2 is 1.74 bits per heavy atom. The lowest BCUT2D eigenvalue weighted by molar-refractivity contribution is 0.0715. The largest absolute Gasteiger partial charge is 0.457 e. The van der Waals surface area contributed by atoms with Gasteiger partial charge in [-0.05, 0) is 55.7 Å². The smallest absolute Gasteiger partial charge is 0.253 e. The van der Waals surface area contributed by atoms with Crippen molar-refractivity contribution >= 4 is 5.91 Å². The number of nitrogens with zero attached hydrogens (tertiary/aromatic N) is 1. The summed E-state index contributed by atoms with van der Waals surface area (Å²) in [6.07, 6.45) is 1.75. The second-order valence-corrected chi connectivity index (χ2v) is 6.02. The molecule has 2 N–H and O–H groups in total. The Morgan fingerprint density at radius 3 is 2.39 bits per heavy atom. The van der Waals surface area contributed by atoms with Gasteiger partial charge in [0.2, 0.25) is 0 Å². The molecule has 1 aliphatic heterocycles. The quantitative estimate of drug-likeness (QED) is 0.946. The van der Waals surface area contributed by atoms with E-state index >= 15 is 0 Å². The van der Waals surface area contributed by atoms with Crippen LogP contribution in [0.1, 0.15) is 28.8 Å². The number of nitrogens with two attached hydrogens (primary N) is 1. The first-order valence-corrected chi connectivity index (χ1v) is 8.02. The van der Waals surface area contributed by atoms with Gasteiger partial charge in [-0.25, -0.2) is 0 Å². The third-order valence-corrected chi connectivity index (χ3v) is 4.25. The third kappa shape index (κ3) is 3.71. The number of carbonyl (C=O) groups is 1. The molecule has 0 atom stereocenters. The Labute approximate surface area is 136 Å². The van der Waals surface area contributed by atoms with Crippen LogP contribution in [0.3, 0.4) is 0 Å². The van der Waals surface area contributed by atoms with Crippen LogP contribution in [0.15, 0.2) is 48.5 Å². The molecule has 0 aromatic heterocycles. The zero-order valence-corrected chi connectivity index (χ0v) is 13.4. The van der Waals surface area contributed by atoms with E-state index in [2.05, 4.69) is 0 Å². The highest BCUT2D eigenvalue weighted by Crippen LogP contribution is 2.25. The molecule has 1 saturated heterocycles. The predicted octanol–water partition coefficient (Wildman–Crippen LogP) is 3.35. The van der Waals surface area contributed by atoms with Crippen molar-refractivity contribution in [2.75, 3.05) is 13.1 Å². The molecule has 3 rings (SSSR count). The first-order valence-electron chi connectivity index (χ1n) is 8.02. The molecule has 4 nitrogen and oxygen atoms in total. The van der Waals surface area contributed by atoms with Gasteiger partial charge in [-0.2, -0.15) is 0 Å². The minimum atomic E-state index is 0.0688. The summed E-state index contributed by atoms with van der Waals surface area (Å²) >= 11 is 0. The summed E-state index contributed by atoms with van der Waals surface area (Å²) in [7, 11) is 0. The number of likely N-dealkylation sites (tertiary alicyclic amines) is 1.